The van der Waals surface area contributed by atoms with Gasteiger partial charge in [-0.25, -0.2) is 4.68 Å². The molecular formula is C24H25ClN4O5. The molecule has 0 aliphatic carbocycles. The molecule has 1 saturated heterocycles. The Morgan fingerprint density at radius 3 is 2.62 bits per heavy atom. The minimum Gasteiger partial charge on any atom is -0.494 e. The number of nitrogens with zero attached hydrogens (tertiary/aromatic N) is 1. The lowest BCUT2D eigenvalue weighted by Gasteiger charge is -2.14. The molecule has 2 aromatic carbocycles. The van der Waals surface area contributed by atoms with Crippen LogP contribution in [0.15, 0.2) is 48.5 Å². The molecule has 0 bridgehead atoms. The zero-order valence-corrected chi connectivity index (χ0v) is 19.4. The molecule has 4 rings (SSSR count). The van der Waals surface area contributed by atoms with E-state index in [1.807, 2.05) is 6.92 Å². The van der Waals surface area contributed by atoms with Crippen molar-refractivity contribution in [2.24, 2.45) is 0 Å². The Hall–Kier alpha value is -3.56. The molecule has 10 heteroatoms. The SMILES string of the molecule is CCOc1ccc(NC(=O)c2cc3cc(Cl)ccc3n2NC(=O)C(=O)NC[C@H]2CCCO2)cc1. The minimum absolute atomic E-state index is 0.0956. The smallest absolute Gasteiger partial charge is 0.328 e. The highest BCUT2D eigenvalue weighted by Gasteiger charge is 2.23. The summed E-state index contributed by atoms with van der Waals surface area (Å²) in [6, 6.07) is 13.5. The van der Waals surface area contributed by atoms with Crippen LogP contribution in [0, 0.1) is 0 Å². The van der Waals surface area contributed by atoms with E-state index in [0.29, 0.717) is 40.6 Å². The van der Waals surface area contributed by atoms with E-state index in [-0.39, 0.29) is 18.3 Å². The average molecular weight is 485 g/mol. The number of carbonyl (C=O) groups excluding carboxylic acids is 3. The summed E-state index contributed by atoms with van der Waals surface area (Å²) >= 11 is 6.10. The van der Waals surface area contributed by atoms with E-state index in [4.69, 9.17) is 21.1 Å². The van der Waals surface area contributed by atoms with Gasteiger partial charge in [-0.2, -0.15) is 0 Å². The molecule has 1 aliphatic heterocycles. The number of fused-ring (bicyclic) bond motifs is 1. The highest BCUT2D eigenvalue weighted by atomic mass is 35.5. The Morgan fingerprint density at radius 1 is 1.12 bits per heavy atom. The maximum atomic E-state index is 13.1. The standard InChI is InChI=1S/C24H25ClN4O5/c1-2-33-18-8-6-17(7-9-18)27-22(30)21-13-15-12-16(25)5-10-20(15)29(21)28-24(32)23(31)26-14-19-4-3-11-34-19/h5-10,12-13,19H,2-4,11,14H2,1H3,(H,26,31)(H,27,30)(H,28,32)/t19-/m1/s1. The summed E-state index contributed by atoms with van der Waals surface area (Å²) < 4.78 is 12.2. The highest BCUT2D eigenvalue weighted by molar-refractivity contribution is 6.38. The summed E-state index contributed by atoms with van der Waals surface area (Å²) in [4.78, 5) is 38.0. The van der Waals surface area contributed by atoms with E-state index in [2.05, 4.69) is 16.1 Å². The third-order valence-electron chi connectivity index (χ3n) is 5.35. The monoisotopic (exact) mass is 484 g/mol. The first-order valence-corrected chi connectivity index (χ1v) is 11.4. The van der Waals surface area contributed by atoms with E-state index in [0.717, 1.165) is 12.8 Å². The van der Waals surface area contributed by atoms with Crippen LogP contribution in [-0.4, -0.2) is 48.3 Å². The lowest BCUT2D eigenvalue weighted by atomic mass is 10.2. The molecule has 1 fully saturated rings. The topological polar surface area (TPSA) is 111 Å². The van der Waals surface area contributed by atoms with Crippen LogP contribution in [0.5, 0.6) is 5.75 Å². The van der Waals surface area contributed by atoms with Crippen LogP contribution in [0.1, 0.15) is 30.3 Å². The van der Waals surface area contributed by atoms with Gasteiger partial charge in [-0.15, -0.1) is 0 Å². The maximum absolute atomic E-state index is 13.1. The molecule has 1 aliphatic rings. The normalized spacial score (nSPS) is 15.2. The van der Waals surface area contributed by atoms with Crippen LogP contribution >= 0.6 is 11.6 Å². The first-order valence-electron chi connectivity index (χ1n) is 11.0. The summed E-state index contributed by atoms with van der Waals surface area (Å²) in [5.74, 6) is -1.51. The largest absolute Gasteiger partial charge is 0.494 e. The number of benzene rings is 2. The summed E-state index contributed by atoms with van der Waals surface area (Å²) in [6.07, 6.45) is 1.67. The molecule has 3 aromatic rings. The summed E-state index contributed by atoms with van der Waals surface area (Å²) in [7, 11) is 0. The number of amides is 3. The fraction of sp³-hybridized carbons (Fsp3) is 0.292. The fourth-order valence-corrected chi connectivity index (χ4v) is 3.90. The Kier molecular flexibility index (Phi) is 7.34. The van der Waals surface area contributed by atoms with Gasteiger partial charge in [0.1, 0.15) is 11.4 Å². The molecule has 9 nitrogen and oxygen atoms in total. The van der Waals surface area contributed by atoms with Gasteiger partial charge in [0.2, 0.25) is 0 Å². The second kappa shape index (κ2) is 10.6. The minimum atomic E-state index is -0.902. The maximum Gasteiger partial charge on any atom is 0.328 e. The Morgan fingerprint density at radius 2 is 1.91 bits per heavy atom. The lowest BCUT2D eigenvalue weighted by molar-refractivity contribution is -0.136. The molecule has 3 N–H and O–H groups in total. The number of rotatable bonds is 7. The van der Waals surface area contributed by atoms with Crippen LogP contribution in [0.4, 0.5) is 5.69 Å². The highest BCUT2D eigenvalue weighted by Crippen LogP contribution is 2.24. The first kappa shape index (κ1) is 23.6. The molecular weight excluding hydrogens is 460 g/mol. The van der Waals surface area contributed by atoms with Crippen LogP contribution in [0.3, 0.4) is 0 Å². The van der Waals surface area contributed by atoms with Crippen LogP contribution in [0.2, 0.25) is 5.02 Å². The van der Waals surface area contributed by atoms with Crippen molar-refractivity contribution in [2.45, 2.75) is 25.9 Å². The Bertz CT molecular complexity index is 1200. The third kappa shape index (κ3) is 5.49. The van der Waals surface area contributed by atoms with E-state index >= 15 is 0 Å². The molecule has 0 spiro atoms. The van der Waals surface area contributed by atoms with Crippen LogP contribution < -0.4 is 20.8 Å². The van der Waals surface area contributed by atoms with Crippen molar-refractivity contribution in [1.29, 1.82) is 0 Å². The van der Waals surface area contributed by atoms with Crippen molar-refractivity contribution in [3.05, 3.63) is 59.2 Å². The molecule has 34 heavy (non-hydrogen) atoms. The molecule has 0 unspecified atom stereocenters. The van der Waals surface area contributed by atoms with Gasteiger partial charge in [0.25, 0.3) is 5.91 Å². The second-order valence-electron chi connectivity index (χ2n) is 7.77. The predicted octanol–water partition coefficient (Wildman–Crippen LogP) is 3.31. The van der Waals surface area contributed by atoms with Gasteiger partial charge in [0.05, 0.1) is 18.2 Å². The zero-order valence-electron chi connectivity index (χ0n) is 18.6. The van der Waals surface area contributed by atoms with Gasteiger partial charge in [-0.05, 0) is 68.3 Å². The van der Waals surface area contributed by atoms with Gasteiger partial charge in [0, 0.05) is 29.2 Å². The van der Waals surface area contributed by atoms with Crippen molar-refractivity contribution in [3.8, 4) is 5.75 Å². The lowest BCUT2D eigenvalue weighted by Crippen LogP contribution is -2.42. The molecule has 1 atom stereocenters. The van der Waals surface area contributed by atoms with E-state index in [1.165, 1.54) is 4.68 Å². The predicted molar refractivity (Wildman–Crippen MR) is 129 cm³/mol. The number of nitrogens with one attached hydrogen (secondary N) is 3. The average Bonchev–Trinajstić information content (AvgIpc) is 3.47. The van der Waals surface area contributed by atoms with Crippen molar-refractivity contribution < 1.29 is 23.9 Å². The van der Waals surface area contributed by atoms with Crippen molar-refractivity contribution in [1.82, 2.24) is 9.99 Å². The van der Waals surface area contributed by atoms with E-state index in [9.17, 15) is 14.4 Å². The van der Waals surface area contributed by atoms with Crippen LogP contribution in [-0.2, 0) is 14.3 Å². The number of anilines is 1. The van der Waals surface area contributed by atoms with Crippen molar-refractivity contribution >= 4 is 45.9 Å². The zero-order chi connectivity index (χ0) is 24.1. The Labute approximate surface area is 201 Å². The van der Waals surface area contributed by atoms with Gasteiger partial charge in [0.15, 0.2) is 0 Å². The number of halogens is 1. The second-order valence-corrected chi connectivity index (χ2v) is 8.20. The van der Waals surface area contributed by atoms with Gasteiger partial charge in [-0.1, -0.05) is 11.6 Å². The molecule has 0 radical (unpaired) electrons. The quantitative estimate of drug-likeness (QED) is 0.445. The molecule has 178 valence electrons. The molecule has 0 saturated carbocycles. The van der Waals surface area contributed by atoms with Gasteiger partial charge in [-0.3, -0.25) is 19.8 Å². The van der Waals surface area contributed by atoms with Gasteiger partial charge >= 0.3 is 11.8 Å². The van der Waals surface area contributed by atoms with E-state index in [1.54, 1.807) is 48.5 Å². The number of ether oxygens (including phenoxy) is 2. The molecule has 1 aromatic heterocycles. The van der Waals surface area contributed by atoms with Crippen LogP contribution in [0.25, 0.3) is 10.9 Å². The third-order valence-corrected chi connectivity index (χ3v) is 5.59. The van der Waals surface area contributed by atoms with Crippen molar-refractivity contribution in [3.63, 3.8) is 0 Å². The number of hydrogen-bond donors (Lipinski definition) is 3. The van der Waals surface area contributed by atoms with Gasteiger partial charge < -0.3 is 20.1 Å². The first-order chi connectivity index (χ1) is 16.4. The molecule has 2 heterocycles. The van der Waals surface area contributed by atoms with Crippen molar-refractivity contribution in [2.75, 3.05) is 30.5 Å². The number of aromatic nitrogens is 1. The number of carbonyl (C=O) groups is 3. The molecule has 3 amide bonds. The Balaban J connectivity index is 1.53. The summed E-state index contributed by atoms with van der Waals surface area (Å²) in [5, 5.41) is 6.47. The van der Waals surface area contributed by atoms with E-state index < -0.39 is 17.7 Å². The number of hydrogen-bond acceptors (Lipinski definition) is 5. The fourth-order valence-electron chi connectivity index (χ4n) is 3.71. The summed E-state index contributed by atoms with van der Waals surface area (Å²) in [6.45, 7) is 3.32. The summed E-state index contributed by atoms with van der Waals surface area (Å²) in [5.41, 5.74) is 3.71.